The van der Waals surface area contributed by atoms with E-state index in [9.17, 15) is 58.5 Å². The van der Waals surface area contributed by atoms with Gasteiger partial charge in [0.15, 0.2) is 11.7 Å². The van der Waals surface area contributed by atoms with E-state index >= 15 is 0 Å². The zero-order valence-electron chi connectivity index (χ0n) is 36.6. The molecular formula is C41H63N11O12. The summed E-state index contributed by atoms with van der Waals surface area (Å²) in [5, 5.41) is 39.2. The molecule has 5 atom stereocenters. The first-order valence-corrected chi connectivity index (χ1v) is 20.8. The van der Waals surface area contributed by atoms with Crippen molar-refractivity contribution >= 4 is 70.1 Å². The van der Waals surface area contributed by atoms with Gasteiger partial charge in [-0.3, -0.25) is 48.1 Å². The molecule has 0 saturated heterocycles. The highest BCUT2D eigenvalue weighted by Gasteiger charge is 2.45. The number of carboxylic acids is 3. The standard InChI is InChI=1S/C41H63N11O12/c1-22(2)33(51-37(62)28(14-15-30(53)54)49-36(61)27(13-7-8-16-42)48-35(60)25(43)11-9-17-46-40(44)45)38(63)50-29(18-23-19-47-26-12-6-5-10-24(23)26)34(59)41(3,4)39(64)52(20-31(55)56)21-32(57)58/h5-6,10,12,19,22,25,27-29,33,47H,7-9,11,13-18,20-21,42-43H2,1-4H3,(H,48,60)(H,49,61)(H,50,63)(H,51,62)(H,53,54)(H,55,56)(H,57,58)(H4,44,45,46)/t25-,27-,28-,29-,33-/m0/s1. The molecule has 0 aliphatic rings. The van der Waals surface area contributed by atoms with Crippen LogP contribution in [0.5, 0.6) is 0 Å². The number of benzene rings is 1. The van der Waals surface area contributed by atoms with Gasteiger partial charge in [0.1, 0.15) is 36.6 Å². The Kier molecular flexibility index (Phi) is 21.3. The van der Waals surface area contributed by atoms with Crippen molar-refractivity contribution in [2.75, 3.05) is 26.2 Å². The minimum Gasteiger partial charge on any atom is -0.481 e. The minimum atomic E-state index is -2.09. The van der Waals surface area contributed by atoms with Gasteiger partial charge in [0.2, 0.25) is 29.5 Å². The molecule has 23 nitrogen and oxygen atoms in total. The zero-order valence-corrected chi connectivity index (χ0v) is 36.6. The number of unbranched alkanes of at least 4 members (excludes halogenated alkanes) is 1. The van der Waals surface area contributed by atoms with Gasteiger partial charge in [0, 0.05) is 36.5 Å². The molecule has 354 valence electrons. The summed E-state index contributed by atoms with van der Waals surface area (Å²) < 4.78 is 0. The Balaban J connectivity index is 2.46. The molecule has 16 N–H and O–H groups in total. The number of rotatable bonds is 29. The number of Topliss-reactive ketones (excluding diaryl/α,β-unsaturated/α-hetero) is 1. The molecule has 64 heavy (non-hydrogen) atoms. The Morgan fingerprint density at radius 2 is 1.33 bits per heavy atom. The third-order valence-corrected chi connectivity index (χ3v) is 10.2. The van der Waals surface area contributed by atoms with Crippen LogP contribution in [0.1, 0.15) is 78.2 Å². The molecule has 2 aromatic rings. The normalized spacial score (nSPS) is 13.7. The average Bonchev–Trinajstić information content (AvgIpc) is 3.62. The number of carbonyl (C=O) groups is 9. The summed E-state index contributed by atoms with van der Waals surface area (Å²) in [4.78, 5) is 125. The fourth-order valence-corrected chi connectivity index (χ4v) is 6.74. The van der Waals surface area contributed by atoms with E-state index < -0.39 is 121 Å². The molecule has 2 rings (SSSR count). The zero-order chi connectivity index (χ0) is 48.3. The summed E-state index contributed by atoms with van der Waals surface area (Å²) in [6, 6.07) is 0.262. The van der Waals surface area contributed by atoms with Crippen LogP contribution in [0.4, 0.5) is 0 Å². The van der Waals surface area contributed by atoms with Crippen molar-refractivity contribution in [3.05, 3.63) is 36.0 Å². The molecule has 0 spiro atoms. The molecule has 0 unspecified atom stereocenters. The lowest BCUT2D eigenvalue weighted by Gasteiger charge is -2.33. The Morgan fingerprint density at radius 3 is 1.91 bits per heavy atom. The maximum atomic E-state index is 14.4. The Labute approximate surface area is 369 Å². The summed E-state index contributed by atoms with van der Waals surface area (Å²) in [5.74, 6) is -10.6. The highest BCUT2D eigenvalue weighted by atomic mass is 16.4. The molecular weight excluding hydrogens is 839 g/mol. The van der Waals surface area contributed by atoms with Gasteiger partial charge in [-0.05, 0) is 76.5 Å². The van der Waals surface area contributed by atoms with E-state index in [2.05, 4.69) is 31.2 Å². The number of ketones is 1. The number of fused-ring (bicyclic) bond motifs is 1. The topological polar surface area (TPSA) is 398 Å². The van der Waals surface area contributed by atoms with E-state index in [1.165, 1.54) is 13.8 Å². The highest BCUT2D eigenvalue weighted by molar-refractivity contribution is 6.10. The summed E-state index contributed by atoms with van der Waals surface area (Å²) in [5.41, 5.74) is 21.5. The lowest BCUT2D eigenvalue weighted by atomic mass is 9.80. The summed E-state index contributed by atoms with van der Waals surface area (Å²) in [7, 11) is 0. The summed E-state index contributed by atoms with van der Waals surface area (Å²) >= 11 is 0. The molecule has 1 aromatic carbocycles. The molecule has 0 fully saturated rings. The van der Waals surface area contributed by atoms with Crippen molar-refractivity contribution in [3.8, 4) is 0 Å². The number of aromatic nitrogens is 1. The van der Waals surface area contributed by atoms with E-state index in [1.54, 1.807) is 44.3 Å². The third-order valence-electron chi connectivity index (χ3n) is 10.2. The predicted molar refractivity (Wildman–Crippen MR) is 233 cm³/mol. The van der Waals surface area contributed by atoms with Gasteiger partial charge in [-0.1, -0.05) is 32.0 Å². The number of aromatic amines is 1. The first-order valence-electron chi connectivity index (χ1n) is 20.8. The van der Waals surface area contributed by atoms with Crippen molar-refractivity contribution in [2.45, 2.75) is 109 Å². The highest BCUT2D eigenvalue weighted by Crippen LogP contribution is 2.26. The van der Waals surface area contributed by atoms with Gasteiger partial charge in [0.25, 0.3) is 0 Å². The van der Waals surface area contributed by atoms with Crippen LogP contribution in [0.2, 0.25) is 0 Å². The first-order chi connectivity index (χ1) is 30.0. The number of carbonyl (C=O) groups excluding carboxylic acids is 6. The van der Waals surface area contributed by atoms with Crippen molar-refractivity contribution in [1.29, 1.82) is 0 Å². The number of amides is 5. The maximum absolute atomic E-state index is 14.4. The molecule has 1 aromatic heterocycles. The van der Waals surface area contributed by atoms with Gasteiger partial charge < -0.3 is 69.4 Å². The smallest absolute Gasteiger partial charge is 0.323 e. The number of para-hydroxylation sites is 1. The van der Waals surface area contributed by atoms with Crippen LogP contribution in [0.15, 0.2) is 35.5 Å². The molecule has 0 aliphatic heterocycles. The van der Waals surface area contributed by atoms with Crippen LogP contribution in [-0.2, 0) is 49.6 Å². The van der Waals surface area contributed by atoms with Gasteiger partial charge in [-0.25, -0.2) is 0 Å². The number of guanidine groups is 1. The lowest BCUT2D eigenvalue weighted by Crippen LogP contribution is -2.60. The van der Waals surface area contributed by atoms with E-state index in [4.69, 9.17) is 22.9 Å². The van der Waals surface area contributed by atoms with Crippen molar-refractivity contribution < 1.29 is 58.5 Å². The van der Waals surface area contributed by atoms with Crippen LogP contribution in [0.3, 0.4) is 0 Å². The van der Waals surface area contributed by atoms with Crippen LogP contribution in [-0.4, -0.2) is 141 Å². The first kappa shape index (κ1) is 53.5. The van der Waals surface area contributed by atoms with E-state index in [1.807, 2.05) is 0 Å². The number of hydrogen-bond acceptors (Lipinski definition) is 12. The number of aliphatic imine (C=N–C) groups is 1. The summed E-state index contributed by atoms with van der Waals surface area (Å²) in [6.07, 6.45) is 1.82. The maximum Gasteiger partial charge on any atom is 0.323 e. The number of nitrogens with one attached hydrogen (secondary N) is 5. The molecule has 0 aliphatic carbocycles. The van der Waals surface area contributed by atoms with Crippen molar-refractivity contribution in [3.63, 3.8) is 0 Å². The van der Waals surface area contributed by atoms with Crippen LogP contribution >= 0.6 is 0 Å². The quantitative estimate of drug-likeness (QED) is 0.0187. The number of hydrogen-bond donors (Lipinski definition) is 12. The van der Waals surface area contributed by atoms with Crippen LogP contribution in [0, 0.1) is 11.3 Å². The second-order valence-electron chi connectivity index (χ2n) is 16.2. The minimum absolute atomic E-state index is 0.0782. The fourth-order valence-electron chi connectivity index (χ4n) is 6.74. The molecule has 0 saturated carbocycles. The van der Waals surface area contributed by atoms with Crippen molar-refractivity contribution in [2.24, 2.45) is 39.3 Å². The number of nitrogens with two attached hydrogens (primary N) is 4. The van der Waals surface area contributed by atoms with Crippen LogP contribution in [0.25, 0.3) is 10.9 Å². The average molecular weight is 902 g/mol. The second-order valence-corrected chi connectivity index (χ2v) is 16.2. The number of carboxylic acid groups (broad SMARTS) is 3. The molecule has 5 amide bonds. The Bertz CT molecular complexity index is 2000. The molecule has 0 bridgehead atoms. The predicted octanol–water partition coefficient (Wildman–Crippen LogP) is -1.73. The van der Waals surface area contributed by atoms with E-state index in [0.29, 0.717) is 40.6 Å². The number of H-pyrrole nitrogens is 1. The van der Waals surface area contributed by atoms with Gasteiger partial charge in [-0.15, -0.1) is 0 Å². The lowest BCUT2D eigenvalue weighted by molar-refractivity contribution is -0.157. The van der Waals surface area contributed by atoms with Gasteiger partial charge in [-0.2, -0.15) is 0 Å². The van der Waals surface area contributed by atoms with Gasteiger partial charge in [0.05, 0.1) is 12.1 Å². The van der Waals surface area contributed by atoms with E-state index in [-0.39, 0.29) is 38.3 Å². The molecule has 23 heteroatoms. The molecule has 1 heterocycles. The SMILES string of the molecule is CC(C)[C@H](NC(=O)[C@H](CCC(=O)O)NC(=O)[C@H](CCCCN)NC(=O)[C@@H](N)CCCN=C(N)N)C(=O)N[C@@H](Cc1c[nH]c2ccccc12)C(=O)C(C)(C)C(=O)N(CC(=O)O)CC(=O)O. The number of aliphatic carboxylic acids is 3. The fraction of sp³-hybridized carbons (Fsp3) is 0.561. The van der Waals surface area contributed by atoms with Crippen molar-refractivity contribution in [1.82, 2.24) is 31.2 Å². The monoisotopic (exact) mass is 901 g/mol. The van der Waals surface area contributed by atoms with Gasteiger partial charge >= 0.3 is 17.9 Å². The Morgan fingerprint density at radius 1 is 0.750 bits per heavy atom. The Hall–Kier alpha value is -6.62. The summed E-state index contributed by atoms with van der Waals surface area (Å²) in [6.45, 7) is 3.92. The molecule has 0 radical (unpaired) electrons. The van der Waals surface area contributed by atoms with E-state index in [0.717, 1.165) is 0 Å². The largest absolute Gasteiger partial charge is 0.481 e. The van der Waals surface area contributed by atoms with Crippen LogP contribution < -0.4 is 44.2 Å². The second kappa shape index (κ2) is 25.5. The third kappa shape index (κ3) is 16.9. The number of nitrogens with zero attached hydrogens (tertiary/aromatic N) is 2.